The van der Waals surface area contributed by atoms with Gasteiger partial charge in [-0.3, -0.25) is 9.59 Å². The summed E-state index contributed by atoms with van der Waals surface area (Å²) >= 11 is 3.36. The van der Waals surface area contributed by atoms with Crippen molar-refractivity contribution in [1.82, 2.24) is 4.90 Å². The second kappa shape index (κ2) is 6.47. The molecule has 1 saturated heterocycles. The van der Waals surface area contributed by atoms with Gasteiger partial charge in [0.25, 0.3) is 5.91 Å². The number of piperidine rings is 1. The highest BCUT2D eigenvalue weighted by Gasteiger charge is 2.35. The van der Waals surface area contributed by atoms with E-state index in [9.17, 15) is 14.7 Å². The highest BCUT2D eigenvalue weighted by molar-refractivity contribution is 9.10. The third kappa shape index (κ3) is 3.20. The molecule has 2 atom stereocenters. The van der Waals surface area contributed by atoms with E-state index in [1.165, 1.54) is 0 Å². The normalized spacial score (nSPS) is 22.0. The number of methoxy groups -OCH3 is 1. The Bertz CT molecular complexity index is 561. The van der Waals surface area contributed by atoms with Crippen molar-refractivity contribution >= 4 is 27.8 Å². The number of rotatable bonds is 3. The first-order chi connectivity index (χ1) is 9.95. The molecule has 21 heavy (non-hydrogen) atoms. The lowest BCUT2D eigenvalue weighted by atomic mass is 9.90. The van der Waals surface area contributed by atoms with Gasteiger partial charge < -0.3 is 14.7 Å². The fourth-order valence-corrected chi connectivity index (χ4v) is 3.27. The summed E-state index contributed by atoms with van der Waals surface area (Å²) in [6.07, 6.45) is 1.33. The summed E-state index contributed by atoms with van der Waals surface area (Å²) in [6, 6.07) is 4.83. The fraction of sp³-hybridized carbons (Fsp3) is 0.467. The van der Waals surface area contributed by atoms with E-state index in [1.807, 2.05) is 0 Å². The first-order valence-corrected chi connectivity index (χ1v) is 7.62. The molecule has 114 valence electrons. The van der Waals surface area contributed by atoms with E-state index in [0.717, 1.165) is 0 Å². The number of likely N-dealkylation sites (tertiary alicyclic amines) is 1. The molecule has 0 spiro atoms. The highest BCUT2D eigenvalue weighted by Crippen LogP contribution is 2.29. The number of benzene rings is 1. The number of hydrogen-bond donors (Lipinski definition) is 1. The molecule has 1 aliphatic rings. The van der Waals surface area contributed by atoms with Crippen molar-refractivity contribution in [1.29, 1.82) is 0 Å². The van der Waals surface area contributed by atoms with E-state index >= 15 is 0 Å². The summed E-state index contributed by atoms with van der Waals surface area (Å²) in [7, 11) is 1.56. The van der Waals surface area contributed by atoms with Gasteiger partial charge in [-0.05, 0) is 53.9 Å². The van der Waals surface area contributed by atoms with Gasteiger partial charge in [0.2, 0.25) is 0 Å². The molecule has 6 heteroatoms. The van der Waals surface area contributed by atoms with Gasteiger partial charge in [-0.15, -0.1) is 0 Å². The van der Waals surface area contributed by atoms with Crippen LogP contribution in [-0.2, 0) is 4.79 Å². The van der Waals surface area contributed by atoms with Gasteiger partial charge >= 0.3 is 5.97 Å². The molecule has 1 fully saturated rings. The Morgan fingerprint density at radius 2 is 2.14 bits per heavy atom. The molecular weight excluding hydrogens is 338 g/mol. The number of halogens is 1. The Balaban J connectivity index is 2.22. The van der Waals surface area contributed by atoms with Gasteiger partial charge in [0, 0.05) is 18.2 Å². The van der Waals surface area contributed by atoms with Crippen molar-refractivity contribution in [2.24, 2.45) is 5.92 Å². The lowest BCUT2D eigenvalue weighted by Gasteiger charge is -2.37. The number of carboxylic acid groups (broad SMARTS) is 1. The molecule has 1 aromatic rings. The molecule has 0 bridgehead atoms. The van der Waals surface area contributed by atoms with E-state index < -0.39 is 11.9 Å². The Morgan fingerprint density at radius 3 is 2.71 bits per heavy atom. The summed E-state index contributed by atoms with van der Waals surface area (Å²) < 4.78 is 5.85. The van der Waals surface area contributed by atoms with Crippen LogP contribution in [0.1, 0.15) is 30.1 Å². The van der Waals surface area contributed by atoms with E-state index in [4.69, 9.17) is 4.74 Å². The lowest BCUT2D eigenvalue weighted by molar-refractivity contribution is -0.144. The second-order valence-corrected chi connectivity index (χ2v) is 6.03. The Morgan fingerprint density at radius 1 is 1.43 bits per heavy atom. The monoisotopic (exact) mass is 355 g/mol. The molecule has 1 heterocycles. The third-order valence-corrected chi connectivity index (χ3v) is 4.58. The minimum atomic E-state index is -0.837. The molecule has 5 nitrogen and oxygen atoms in total. The fourth-order valence-electron chi connectivity index (χ4n) is 2.73. The summed E-state index contributed by atoms with van der Waals surface area (Å²) in [6.45, 7) is 2.39. The number of carbonyl (C=O) groups excluding carboxylic acids is 1. The molecule has 0 aliphatic carbocycles. The zero-order valence-corrected chi connectivity index (χ0v) is 13.6. The van der Waals surface area contributed by atoms with Crippen LogP contribution in [-0.4, -0.2) is 41.6 Å². The van der Waals surface area contributed by atoms with Crippen LogP contribution in [0.3, 0.4) is 0 Å². The molecule has 1 N–H and O–H groups in total. The maximum Gasteiger partial charge on any atom is 0.308 e. The van der Waals surface area contributed by atoms with Gasteiger partial charge in [0.1, 0.15) is 5.75 Å². The maximum atomic E-state index is 12.6. The largest absolute Gasteiger partial charge is 0.496 e. The van der Waals surface area contributed by atoms with Gasteiger partial charge in [-0.25, -0.2) is 0 Å². The SMILES string of the molecule is COc1ccc(C(=O)N2CCC[C@H](C(=O)O)[C@@H]2C)cc1Br. The van der Waals surface area contributed by atoms with Crippen LogP contribution in [0.15, 0.2) is 22.7 Å². The molecule has 0 aromatic heterocycles. The smallest absolute Gasteiger partial charge is 0.308 e. The van der Waals surface area contributed by atoms with Crippen LogP contribution in [0.25, 0.3) is 0 Å². The van der Waals surface area contributed by atoms with Crippen molar-refractivity contribution in [2.45, 2.75) is 25.8 Å². The zero-order valence-electron chi connectivity index (χ0n) is 12.0. The summed E-state index contributed by atoms with van der Waals surface area (Å²) in [5.74, 6) is -0.821. The van der Waals surface area contributed by atoms with Crippen molar-refractivity contribution in [2.75, 3.05) is 13.7 Å². The highest BCUT2D eigenvalue weighted by atomic mass is 79.9. The lowest BCUT2D eigenvalue weighted by Crippen LogP contribution is -2.49. The van der Waals surface area contributed by atoms with Crippen LogP contribution in [0, 0.1) is 5.92 Å². The van der Waals surface area contributed by atoms with E-state index in [1.54, 1.807) is 37.1 Å². The molecule has 1 aromatic carbocycles. The van der Waals surface area contributed by atoms with Crippen molar-refractivity contribution in [3.8, 4) is 5.75 Å². The summed E-state index contributed by atoms with van der Waals surface area (Å²) in [5.41, 5.74) is 0.528. The van der Waals surface area contributed by atoms with E-state index in [-0.39, 0.29) is 11.9 Å². The number of ether oxygens (including phenoxy) is 1. The number of carbonyl (C=O) groups is 2. The molecule has 0 saturated carbocycles. The van der Waals surface area contributed by atoms with Gasteiger partial charge in [-0.1, -0.05) is 0 Å². The van der Waals surface area contributed by atoms with Gasteiger partial charge in [-0.2, -0.15) is 0 Å². The average molecular weight is 356 g/mol. The number of nitrogens with zero attached hydrogens (tertiary/aromatic N) is 1. The van der Waals surface area contributed by atoms with E-state index in [2.05, 4.69) is 15.9 Å². The third-order valence-electron chi connectivity index (χ3n) is 3.96. The average Bonchev–Trinajstić information content (AvgIpc) is 2.46. The van der Waals surface area contributed by atoms with Crippen molar-refractivity contribution < 1.29 is 19.4 Å². The number of hydrogen-bond acceptors (Lipinski definition) is 3. The predicted molar refractivity (Wildman–Crippen MR) is 81.6 cm³/mol. The summed E-state index contributed by atoms with van der Waals surface area (Å²) in [4.78, 5) is 25.5. The predicted octanol–water partition coefficient (Wildman–Crippen LogP) is 2.78. The first-order valence-electron chi connectivity index (χ1n) is 6.83. The topological polar surface area (TPSA) is 66.8 Å². The van der Waals surface area contributed by atoms with Gasteiger partial charge in [0.15, 0.2) is 0 Å². The van der Waals surface area contributed by atoms with Crippen LogP contribution in [0.5, 0.6) is 5.75 Å². The standard InChI is InChI=1S/C15H18BrNO4/c1-9-11(15(19)20)4-3-7-17(9)14(18)10-5-6-13(21-2)12(16)8-10/h5-6,8-9,11H,3-4,7H2,1-2H3,(H,19,20)/t9-,11-/m0/s1. The maximum absolute atomic E-state index is 12.6. The van der Waals surface area contributed by atoms with Crippen molar-refractivity contribution in [3.63, 3.8) is 0 Å². The number of amides is 1. The Kier molecular flexibility index (Phi) is 4.88. The molecule has 0 unspecified atom stereocenters. The molecule has 1 amide bonds. The Hall–Kier alpha value is -1.56. The minimum absolute atomic E-state index is 0.142. The molecule has 1 aliphatic heterocycles. The van der Waals surface area contributed by atoms with Crippen LogP contribution in [0.4, 0.5) is 0 Å². The van der Waals surface area contributed by atoms with Gasteiger partial charge in [0.05, 0.1) is 17.5 Å². The summed E-state index contributed by atoms with van der Waals surface area (Å²) in [5, 5.41) is 9.23. The molecule has 0 radical (unpaired) electrons. The van der Waals surface area contributed by atoms with Crippen molar-refractivity contribution in [3.05, 3.63) is 28.2 Å². The van der Waals surface area contributed by atoms with Crippen LogP contribution >= 0.6 is 15.9 Å². The minimum Gasteiger partial charge on any atom is -0.496 e. The molecular formula is C15H18BrNO4. The first kappa shape index (κ1) is 15.8. The number of aliphatic carboxylic acids is 1. The second-order valence-electron chi connectivity index (χ2n) is 5.18. The molecule has 2 rings (SSSR count). The quantitative estimate of drug-likeness (QED) is 0.905. The van der Waals surface area contributed by atoms with Crippen LogP contribution in [0.2, 0.25) is 0 Å². The zero-order chi connectivity index (χ0) is 15.6. The number of carboxylic acids is 1. The van der Waals surface area contributed by atoms with E-state index in [0.29, 0.717) is 35.2 Å². The Labute approximate surface area is 132 Å². The van der Waals surface area contributed by atoms with Crippen LogP contribution < -0.4 is 4.74 Å².